The van der Waals surface area contributed by atoms with Gasteiger partial charge >= 0.3 is 5.97 Å². The molecule has 0 N–H and O–H groups in total. The van der Waals surface area contributed by atoms with Gasteiger partial charge in [0.25, 0.3) is 5.91 Å². The van der Waals surface area contributed by atoms with Gasteiger partial charge in [0.1, 0.15) is 12.4 Å². The maximum atomic E-state index is 13.6. The summed E-state index contributed by atoms with van der Waals surface area (Å²) in [6.07, 6.45) is 0.692. The number of esters is 1. The van der Waals surface area contributed by atoms with Gasteiger partial charge in [-0.15, -0.1) is 0 Å². The minimum Gasteiger partial charge on any atom is -0.493 e. The van der Waals surface area contributed by atoms with Crippen molar-refractivity contribution < 1.29 is 28.5 Å². The van der Waals surface area contributed by atoms with E-state index < -0.39 is 0 Å². The second kappa shape index (κ2) is 11.2. The molecule has 0 saturated heterocycles. The fourth-order valence-corrected chi connectivity index (χ4v) is 4.47. The molecule has 0 saturated carbocycles. The molecule has 3 aromatic carbocycles. The summed E-state index contributed by atoms with van der Waals surface area (Å²) < 4.78 is 22.2. The number of benzene rings is 3. The summed E-state index contributed by atoms with van der Waals surface area (Å²) in [4.78, 5) is 27.4. The van der Waals surface area contributed by atoms with Crippen LogP contribution in [0.3, 0.4) is 0 Å². The van der Waals surface area contributed by atoms with Gasteiger partial charge in [-0.3, -0.25) is 4.79 Å². The van der Waals surface area contributed by atoms with Gasteiger partial charge in [-0.25, -0.2) is 4.79 Å². The first-order valence-corrected chi connectivity index (χ1v) is 12.0. The van der Waals surface area contributed by atoms with E-state index in [2.05, 4.69) is 0 Å². The summed E-state index contributed by atoms with van der Waals surface area (Å²) >= 11 is 0. The topological polar surface area (TPSA) is 74.3 Å². The minimum atomic E-state index is -0.374. The number of methoxy groups -OCH3 is 2. The second-order valence-electron chi connectivity index (χ2n) is 8.60. The van der Waals surface area contributed by atoms with Crippen molar-refractivity contribution in [1.82, 2.24) is 4.90 Å². The van der Waals surface area contributed by atoms with E-state index in [9.17, 15) is 9.59 Å². The van der Waals surface area contributed by atoms with Gasteiger partial charge in [0.05, 0.1) is 32.4 Å². The molecule has 1 atom stereocenters. The second-order valence-corrected chi connectivity index (χ2v) is 8.60. The van der Waals surface area contributed by atoms with Crippen LogP contribution in [-0.2, 0) is 11.2 Å². The third kappa shape index (κ3) is 5.30. The molecule has 1 amide bonds. The number of ether oxygens (including phenoxy) is 4. The SMILES string of the molecule is CCOC(=O)c1ccc(OC[C@H]2c3cc(OC)c(OC)cc3CCN2C(=O)c2cccc(C)c2)cc1. The lowest BCUT2D eigenvalue weighted by Crippen LogP contribution is -2.42. The molecule has 3 aromatic rings. The van der Waals surface area contributed by atoms with Gasteiger partial charge in [0.2, 0.25) is 0 Å². The van der Waals surface area contributed by atoms with Crippen molar-refractivity contribution in [2.45, 2.75) is 26.3 Å². The first kappa shape index (κ1) is 25.1. The van der Waals surface area contributed by atoms with Crippen molar-refractivity contribution in [3.63, 3.8) is 0 Å². The van der Waals surface area contributed by atoms with E-state index in [1.165, 1.54) is 0 Å². The zero-order valence-corrected chi connectivity index (χ0v) is 21.1. The highest BCUT2D eigenvalue weighted by molar-refractivity contribution is 5.95. The van der Waals surface area contributed by atoms with Crippen LogP contribution in [0.5, 0.6) is 17.2 Å². The average Bonchev–Trinajstić information content (AvgIpc) is 2.90. The van der Waals surface area contributed by atoms with E-state index in [0.29, 0.717) is 47.9 Å². The van der Waals surface area contributed by atoms with Crippen LogP contribution in [0.15, 0.2) is 60.7 Å². The van der Waals surface area contributed by atoms with Gasteiger partial charge in [-0.1, -0.05) is 17.7 Å². The lowest BCUT2D eigenvalue weighted by molar-refractivity contribution is 0.0524. The van der Waals surface area contributed by atoms with Crippen LogP contribution >= 0.6 is 0 Å². The number of carbonyl (C=O) groups is 2. The van der Waals surface area contributed by atoms with Gasteiger partial charge in [-0.05, 0) is 79.9 Å². The number of carbonyl (C=O) groups excluding carboxylic acids is 2. The number of rotatable bonds is 8. The molecule has 188 valence electrons. The van der Waals surface area contributed by atoms with Crippen molar-refractivity contribution in [3.8, 4) is 17.2 Å². The Balaban J connectivity index is 1.64. The number of nitrogens with zero attached hydrogens (tertiary/aromatic N) is 1. The molecular formula is C29H31NO6. The first-order chi connectivity index (χ1) is 17.4. The third-order valence-corrected chi connectivity index (χ3v) is 6.30. The predicted molar refractivity (Wildman–Crippen MR) is 136 cm³/mol. The van der Waals surface area contributed by atoms with Crippen LogP contribution in [0.25, 0.3) is 0 Å². The van der Waals surface area contributed by atoms with Crippen LogP contribution in [0.1, 0.15) is 50.4 Å². The van der Waals surface area contributed by atoms with Crippen molar-refractivity contribution >= 4 is 11.9 Å². The van der Waals surface area contributed by atoms with Crippen LogP contribution in [0.4, 0.5) is 0 Å². The highest BCUT2D eigenvalue weighted by atomic mass is 16.5. The lowest BCUT2D eigenvalue weighted by atomic mass is 9.91. The highest BCUT2D eigenvalue weighted by Crippen LogP contribution is 2.39. The van der Waals surface area contributed by atoms with Gasteiger partial charge < -0.3 is 23.8 Å². The van der Waals surface area contributed by atoms with Crippen molar-refractivity contribution in [2.75, 3.05) is 34.0 Å². The highest BCUT2D eigenvalue weighted by Gasteiger charge is 2.33. The summed E-state index contributed by atoms with van der Waals surface area (Å²) in [6.45, 7) is 4.84. The summed E-state index contributed by atoms with van der Waals surface area (Å²) in [7, 11) is 3.21. The van der Waals surface area contributed by atoms with Crippen molar-refractivity contribution in [2.24, 2.45) is 0 Å². The number of aryl methyl sites for hydroxylation is 1. The number of hydrogen-bond acceptors (Lipinski definition) is 6. The Morgan fingerprint density at radius 2 is 1.67 bits per heavy atom. The minimum absolute atomic E-state index is 0.0506. The standard InChI is InChI=1S/C29H31NO6/c1-5-35-29(32)20-9-11-23(12-10-20)36-18-25-24-17-27(34-4)26(33-3)16-21(24)13-14-30(25)28(31)22-8-6-7-19(2)15-22/h6-12,15-17,25H,5,13-14,18H2,1-4H3/t25-/m0/s1. The molecule has 7 heteroatoms. The quantitative estimate of drug-likeness (QED) is 0.414. The van der Waals surface area contributed by atoms with Gasteiger partial charge in [0, 0.05) is 12.1 Å². The Labute approximate surface area is 211 Å². The Hall–Kier alpha value is -4.00. The molecule has 0 aliphatic carbocycles. The fourth-order valence-electron chi connectivity index (χ4n) is 4.47. The Morgan fingerprint density at radius 1 is 0.944 bits per heavy atom. The smallest absolute Gasteiger partial charge is 0.338 e. The fraction of sp³-hybridized carbons (Fsp3) is 0.310. The van der Waals surface area contributed by atoms with E-state index in [1.54, 1.807) is 45.4 Å². The molecule has 0 fully saturated rings. The summed E-state index contributed by atoms with van der Waals surface area (Å²) in [5.41, 5.74) is 4.18. The van der Waals surface area contributed by atoms with E-state index in [-0.39, 0.29) is 24.5 Å². The van der Waals surface area contributed by atoms with Crippen molar-refractivity contribution in [1.29, 1.82) is 0 Å². The maximum absolute atomic E-state index is 13.6. The third-order valence-electron chi connectivity index (χ3n) is 6.30. The molecule has 1 aliphatic rings. The molecule has 7 nitrogen and oxygen atoms in total. The predicted octanol–water partition coefficient (Wildman–Crippen LogP) is 5.01. The average molecular weight is 490 g/mol. The summed E-state index contributed by atoms with van der Waals surface area (Å²) in [6, 6.07) is 18.0. The lowest BCUT2D eigenvalue weighted by Gasteiger charge is -2.37. The van der Waals surface area contributed by atoms with E-state index in [1.807, 2.05) is 48.2 Å². The monoisotopic (exact) mass is 489 g/mol. The maximum Gasteiger partial charge on any atom is 0.338 e. The molecule has 4 rings (SSSR count). The molecule has 1 heterocycles. The molecular weight excluding hydrogens is 458 g/mol. The largest absolute Gasteiger partial charge is 0.493 e. The Kier molecular flexibility index (Phi) is 7.78. The van der Waals surface area contributed by atoms with Crippen LogP contribution in [-0.4, -0.2) is 50.8 Å². The molecule has 0 aromatic heterocycles. The van der Waals surface area contributed by atoms with E-state index >= 15 is 0 Å². The van der Waals surface area contributed by atoms with Crippen LogP contribution in [0.2, 0.25) is 0 Å². The summed E-state index contributed by atoms with van der Waals surface area (Å²) in [5, 5.41) is 0. The molecule has 0 spiro atoms. The first-order valence-electron chi connectivity index (χ1n) is 12.0. The van der Waals surface area contributed by atoms with E-state index in [4.69, 9.17) is 18.9 Å². The zero-order chi connectivity index (χ0) is 25.7. The van der Waals surface area contributed by atoms with Gasteiger partial charge in [0.15, 0.2) is 11.5 Å². The Bertz CT molecular complexity index is 1240. The number of amides is 1. The normalized spacial score (nSPS) is 14.6. The van der Waals surface area contributed by atoms with Gasteiger partial charge in [-0.2, -0.15) is 0 Å². The number of hydrogen-bond donors (Lipinski definition) is 0. The number of fused-ring (bicyclic) bond motifs is 1. The molecule has 1 aliphatic heterocycles. The molecule has 0 radical (unpaired) electrons. The van der Waals surface area contributed by atoms with Crippen LogP contribution in [0, 0.1) is 6.92 Å². The zero-order valence-electron chi connectivity index (χ0n) is 21.1. The Morgan fingerprint density at radius 3 is 2.33 bits per heavy atom. The molecule has 0 unspecified atom stereocenters. The van der Waals surface area contributed by atoms with E-state index in [0.717, 1.165) is 16.7 Å². The van der Waals surface area contributed by atoms with Crippen molar-refractivity contribution in [3.05, 3.63) is 88.5 Å². The molecule has 36 heavy (non-hydrogen) atoms. The molecule has 0 bridgehead atoms. The van der Waals surface area contributed by atoms with Crippen LogP contribution < -0.4 is 14.2 Å². The summed E-state index contributed by atoms with van der Waals surface area (Å²) in [5.74, 6) is 1.43.